The quantitative estimate of drug-likeness (QED) is 0.197. The van der Waals surface area contributed by atoms with E-state index in [9.17, 15) is 23.0 Å². The molecule has 0 bridgehead atoms. The van der Waals surface area contributed by atoms with Crippen LogP contribution in [0.4, 0.5) is 14.5 Å². The zero-order valence-electron chi connectivity index (χ0n) is 22.1. The molecule has 216 valence electrons. The van der Waals surface area contributed by atoms with Crippen molar-refractivity contribution in [2.75, 3.05) is 11.9 Å². The summed E-state index contributed by atoms with van der Waals surface area (Å²) >= 11 is 1.18. The Morgan fingerprint density at radius 1 is 1.22 bits per heavy atom. The van der Waals surface area contributed by atoms with Crippen LogP contribution >= 0.6 is 19.6 Å². The fraction of sp³-hybridized carbons (Fsp3) is 0.400. The lowest BCUT2D eigenvalue weighted by molar-refractivity contribution is -0.192. The molecule has 0 aliphatic heterocycles. The molecule has 1 N–H and O–H groups in total. The molecule has 1 aliphatic rings. The van der Waals surface area contributed by atoms with Crippen LogP contribution in [-0.4, -0.2) is 48.1 Å². The van der Waals surface area contributed by atoms with Crippen LogP contribution in [0.5, 0.6) is 0 Å². The second-order valence-corrected chi connectivity index (χ2v) is 10.9. The van der Waals surface area contributed by atoms with E-state index in [1.54, 1.807) is 17.1 Å². The molecule has 1 fully saturated rings. The number of carbonyl (C=O) groups is 1. The monoisotopic (exact) mass is 605 g/mol. The molecular weight excluding hydrogens is 579 g/mol. The van der Waals surface area contributed by atoms with Gasteiger partial charge >= 0.3 is 8.25 Å². The highest BCUT2D eigenvalue weighted by molar-refractivity contribution is 7.30. The Labute approximate surface area is 238 Å². The van der Waals surface area contributed by atoms with Crippen molar-refractivity contribution < 1.29 is 32.3 Å². The van der Waals surface area contributed by atoms with Crippen molar-refractivity contribution in [2.45, 2.75) is 57.9 Å². The summed E-state index contributed by atoms with van der Waals surface area (Å²) < 4.78 is 53.0. The molecule has 41 heavy (non-hydrogen) atoms. The summed E-state index contributed by atoms with van der Waals surface area (Å²) in [6.45, 7) is 4.11. The molecule has 1 amide bonds. The molecule has 2 unspecified atom stereocenters. The van der Waals surface area contributed by atoms with Gasteiger partial charge in [0.1, 0.15) is 22.1 Å². The van der Waals surface area contributed by atoms with E-state index in [-0.39, 0.29) is 34.9 Å². The van der Waals surface area contributed by atoms with Crippen molar-refractivity contribution in [1.82, 2.24) is 29.5 Å². The van der Waals surface area contributed by atoms with Crippen molar-refractivity contribution >= 4 is 31.2 Å². The number of ether oxygens (including phenoxy) is 1. The molecule has 1 aliphatic carbocycles. The predicted octanol–water partition coefficient (Wildman–Crippen LogP) is 4.87. The Bertz CT molecular complexity index is 1550. The second kappa shape index (κ2) is 12.6. The van der Waals surface area contributed by atoms with Gasteiger partial charge in [0.05, 0.1) is 24.0 Å². The van der Waals surface area contributed by atoms with E-state index in [0.29, 0.717) is 17.2 Å². The minimum atomic E-state index is -3.06. The first-order valence-electron chi connectivity index (χ1n) is 12.9. The average Bonchev–Trinajstić information content (AvgIpc) is 3.70. The Morgan fingerprint density at radius 2 is 2.00 bits per heavy atom. The van der Waals surface area contributed by atoms with Gasteiger partial charge in [0.25, 0.3) is 5.91 Å². The van der Waals surface area contributed by atoms with Crippen LogP contribution in [-0.2, 0) is 13.8 Å². The first-order valence-corrected chi connectivity index (χ1v) is 14.8. The van der Waals surface area contributed by atoms with Crippen LogP contribution in [0, 0.1) is 11.8 Å². The van der Waals surface area contributed by atoms with Crippen molar-refractivity contribution in [3.8, 4) is 22.0 Å². The normalized spacial score (nSPS) is 18.3. The van der Waals surface area contributed by atoms with Crippen LogP contribution in [0.25, 0.3) is 22.0 Å². The van der Waals surface area contributed by atoms with Crippen molar-refractivity contribution in [1.29, 1.82) is 0 Å². The fourth-order valence-corrected chi connectivity index (χ4v) is 5.78. The molecule has 0 spiro atoms. The van der Waals surface area contributed by atoms with Gasteiger partial charge in [0.2, 0.25) is 12.2 Å². The molecule has 16 heteroatoms. The van der Waals surface area contributed by atoms with Crippen molar-refractivity contribution in [3.63, 3.8) is 0 Å². The zero-order valence-corrected chi connectivity index (χ0v) is 23.8. The number of aromatic nitrogens is 6. The number of pyridine rings is 1. The lowest BCUT2D eigenvalue weighted by Crippen LogP contribution is -2.24. The molecule has 1 saturated carbocycles. The number of amides is 1. The summed E-state index contributed by atoms with van der Waals surface area (Å²) in [4.78, 5) is 32.1. The lowest BCUT2D eigenvalue weighted by atomic mass is 9.93. The highest BCUT2D eigenvalue weighted by Crippen LogP contribution is 2.35. The third kappa shape index (κ3) is 6.71. The Morgan fingerprint density at radius 3 is 2.73 bits per heavy atom. The van der Waals surface area contributed by atoms with Crippen LogP contribution in [0.15, 0.2) is 36.1 Å². The number of halogens is 2. The van der Waals surface area contributed by atoms with Gasteiger partial charge in [-0.1, -0.05) is 0 Å². The van der Waals surface area contributed by atoms with Gasteiger partial charge in [-0.3, -0.25) is 9.48 Å². The van der Waals surface area contributed by atoms with Crippen molar-refractivity contribution in [2.24, 2.45) is 0 Å². The van der Waals surface area contributed by atoms with E-state index < -0.39 is 32.2 Å². The highest BCUT2D eigenvalue weighted by atomic mass is 32.1. The minimum absolute atomic E-state index is 0.00436. The van der Waals surface area contributed by atoms with Crippen LogP contribution in [0.1, 0.15) is 62.3 Å². The van der Waals surface area contributed by atoms with E-state index in [4.69, 9.17) is 9.26 Å². The topological polar surface area (TPSA) is 149 Å². The number of carbonyl (C=O) groups excluding carboxylic acids is 1. The summed E-state index contributed by atoms with van der Waals surface area (Å²) in [6, 6.07) is 1.86. The molecular formula is C25H26F2N7O5PS. The molecule has 0 radical (unpaired) electrons. The molecule has 0 aromatic carbocycles. The van der Waals surface area contributed by atoms with E-state index in [1.807, 2.05) is 6.92 Å². The number of thiazole rings is 1. The van der Waals surface area contributed by atoms with E-state index in [2.05, 4.69) is 25.5 Å². The summed E-state index contributed by atoms with van der Waals surface area (Å²) in [5.74, 6) is -2.24. The molecule has 0 saturated heterocycles. The molecule has 12 nitrogen and oxygen atoms in total. The summed E-state index contributed by atoms with van der Waals surface area (Å²) in [5, 5.41) is 13.3. The Balaban J connectivity index is 1.38. The average molecular weight is 606 g/mol. The van der Waals surface area contributed by atoms with Crippen LogP contribution in [0.2, 0.25) is 0 Å². The number of anilines is 1. The molecule has 5 rings (SSSR count). The maximum atomic E-state index is 14.7. The zero-order chi connectivity index (χ0) is 29.1. The SMILES string of the molecule is CCOC1CCC(n2cc(NC(=O)c3csc(-c4cnn(C(C)O[P+](=O)[O-])c4)n3)c(-c3nc(F)ccc3F)n2)CC1. The van der Waals surface area contributed by atoms with Crippen LogP contribution < -0.4 is 10.2 Å². The summed E-state index contributed by atoms with van der Waals surface area (Å²) in [5.41, 5.74) is 0.481. The van der Waals surface area contributed by atoms with Crippen LogP contribution in [0.3, 0.4) is 0 Å². The van der Waals surface area contributed by atoms with Gasteiger partial charge in [0.15, 0.2) is 5.82 Å². The largest absolute Gasteiger partial charge is 0.566 e. The van der Waals surface area contributed by atoms with Gasteiger partial charge in [-0.15, -0.1) is 15.9 Å². The maximum absolute atomic E-state index is 14.7. The van der Waals surface area contributed by atoms with Crippen molar-refractivity contribution in [3.05, 3.63) is 53.6 Å². The first-order chi connectivity index (χ1) is 19.7. The molecule has 2 atom stereocenters. The first kappa shape index (κ1) is 29.0. The lowest BCUT2D eigenvalue weighted by Gasteiger charge is -2.28. The molecule has 4 heterocycles. The minimum Gasteiger partial charge on any atom is -0.566 e. The van der Waals surface area contributed by atoms with E-state index >= 15 is 0 Å². The van der Waals surface area contributed by atoms with Gasteiger partial charge in [-0.2, -0.15) is 14.6 Å². The van der Waals surface area contributed by atoms with E-state index in [1.165, 1.54) is 34.5 Å². The third-order valence-corrected chi connectivity index (χ3v) is 8.00. The maximum Gasteiger partial charge on any atom is 0.490 e. The van der Waals surface area contributed by atoms with E-state index in [0.717, 1.165) is 37.8 Å². The number of hydrogen-bond acceptors (Lipinski definition) is 10. The second-order valence-electron chi connectivity index (χ2n) is 9.35. The smallest absolute Gasteiger partial charge is 0.490 e. The Hall–Kier alpha value is -3.49. The Kier molecular flexibility index (Phi) is 8.90. The number of nitrogens with zero attached hydrogens (tertiary/aromatic N) is 6. The third-order valence-electron chi connectivity index (χ3n) is 6.63. The summed E-state index contributed by atoms with van der Waals surface area (Å²) in [7, 11) is -3.06. The number of hydrogen-bond donors (Lipinski definition) is 1. The number of nitrogens with one attached hydrogen (secondary N) is 1. The standard InChI is InChI=1S/C25H26F2N7O5PS/c1-3-38-17-6-4-16(5-7-17)34-12-19(23(32-34)22-18(26)8-9-21(27)31-22)29-24(35)20-13-41-25(30-20)15-10-28-33(11-15)14(2)39-40(36)37/h8-14,16-17H,3-7H2,1-2H3,(H,29,35). The summed E-state index contributed by atoms with van der Waals surface area (Å²) in [6.07, 6.45) is 7.15. The molecule has 4 aromatic heterocycles. The van der Waals surface area contributed by atoms with Gasteiger partial charge in [-0.05, 0) is 56.2 Å². The highest BCUT2D eigenvalue weighted by Gasteiger charge is 2.27. The van der Waals surface area contributed by atoms with Gasteiger partial charge in [-0.25, -0.2) is 19.0 Å². The van der Waals surface area contributed by atoms with Gasteiger partial charge in [0, 0.05) is 29.9 Å². The molecule has 4 aromatic rings. The number of rotatable bonds is 10. The van der Waals surface area contributed by atoms with Gasteiger partial charge < -0.3 is 14.9 Å². The fourth-order valence-electron chi connectivity index (χ4n) is 4.66. The predicted molar refractivity (Wildman–Crippen MR) is 143 cm³/mol.